The SMILES string of the molecule is CC1(C)CC(Oc2ccc(C(=O)Nc3ccc(NC(=O)Nc4cc(C(C)(C)C)no4)cc3)nc2)CC(C)(C)N1. The first-order chi connectivity index (χ1) is 18.2. The molecule has 3 heterocycles. The van der Waals surface area contributed by atoms with Crippen molar-refractivity contribution in [3.63, 3.8) is 0 Å². The van der Waals surface area contributed by atoms with Crippen molar-refractivity contribution in [2.45, 2.75) is 83.9 Å². The van der Waals surface area contributed by atoms with Crippen LogP contribution in [0.1, 0.15) is 77.5 Å². The lowest BCUT2D eigenvalue weighted by Crippen LogP contribution is -2.60. The van der Waals surface area contributed by atoms with Gasteiger partial charge in [0.25, 0.3) is 5.91 Å². The highest BCUT2D eigenvalue weighted by Gasteiger charge is 2.38. The summed E-state index contributed by atoms with van der Waals surface area (Å²) in [5, 5.41) is 15.8. The highest BCUT2D eigenvalue weighted by Crippen LogP contribution is 2.31. The Balaban J connectivity index is 1.28. The number of benzene rings is 1. The van der Waals surface area contributed by atoms with Crippen molar-refractivity contribution < 1.29 is 18.8 Å². The molecule has 208 valence electrons. The van der Waals surface area contributed by atoms with Gasteiger partial charge in [0.1, 0.15) is 17.5 Å². The van der Waals surface area contributed by atoms with Crippen LogP contribution in [0.15, 0.2) is 53.2 Å². The van der Waals surface area contributed by atoms with Crippen molar-refractivity contribution in [3.8, 4) is 5.75 Å². The lowest BCUT2D eigenvalue weighted by molar-refractivity contribution is 0.0557. The Morgan fingerprint density at radius 2 is 1.56 bits per heavy atom. The minimum absolute atomic E-state index is 0.0262. The average molecular weight is 535 g/mol. The third-order valence-electron chi connectivity index (χ3n) is 6.34. The lowest BCUT2D eigenvalue weighted by Gasteiger charge is -2.46. The van der Waals surface area contributed by atoms with Gasteiger partial charge in [-0.1, -0.05) is 25.9 Å². The molecule has 1 aromatic carbocycles. The number of urea groups is 1. The number of carbonyl (C=O) groups excluding carboxylic acids is 2. The van der Waals surface area contributed by atoms with Crippen molar-refractivity contribution >= 4 is 29.2 Å². The van der Waals surface area contributed by atoms with E-state index in [0.29, 0.717) is 17.1 Å². The standard InChI is InChI=1S/C29H38N6O4/c1-27(2,3)23-14-24(39-34-23)33-26(37)32-19-10-8-18(9-11-19)31-25(36)22-13-12-20(17-30-22)38-21-15-28(4,5)35-29(6,7)16-21/h8-14,17,21,35H,15-16H2,1-7H3,(H,31,36)(H2,32,33,37). The molecule has 3 aromatic rings. The quantitative estimate of drug-likeness (QED) is 0.307. The molecule has 0 radical (unpaired) electrons. The van der Waals surface area contributed by atoms with Crippen molar-refractivity contribution in [3.05, 3.63) is 60.0 Å². The fourth-order valence-electron chi connectivity index (χ4n) is 4.88. The number of hydrogen-bond donors (Lipinski definition) is 4. The maximum Gasteiger partial charge on any atom is 0.326 e. The predicted molar refractivity (Wildman–Crippen MR) is 151 cm³/mol. The number of amides is 3. The molecule has 0 aliphatic carbocycles. The van der Waals surface area contributed by atoms with Crippen LogP contribution in [0.25, 0.3) is 0 Å². The van der Waals surface area contributed by atoms with Gasteiger partial charge in [-0.05, 0) is 64.1 Å². The van der Waals surface area contributed by atoms with E-state index in [-0.39, 0.29) is 40.1 Å². The molecule has 0 bridgehead atoms. The molecule has 4 rings (SSSR count). The van der Waals surface area contributed by atoms with Crippen molar-refractivity contribution in [2.24, 2.45) is 0 Å². The molecule has 10 heteroatoms. The minimum atomic E-state index is -0.466. The maximum absolute atomic E-state index is 12.7. The van der Waals surface area contributed by atoms with Crippen LogP contribution in [0.5, 0.6) is 5.75 Å². The largest absolute Gasteiger partial charge is 0.489 e. The first kappa shape index (κ1) is 28.1. The molecule has 10 nitrogen and oxygen atoms in total. The fraction of sp³-hybridized carbons (Fsp3) is 0.448. The van der Waals surface area contributed by atoms with Crippen LogP contribution < -0.4 is 26.0 Å². The Kier molecular flexibility index (Phi) is 7.70. The number of aromatic nitrogens is 2. The number of rotatable bonds is 6. The first-order valence-electron chi connectivity index (χ1n) is 13.1. The summed E-state index contributed by atoms with van der Waals surface area (Å²) in [6.07, 6.45) is 3.40. The zero-order chi connectivity index (χ0) is 28.4. The molecule has 2 aromatic heterocycles. The normalized spacial score (nSPS) is 16.8. The van der Waals surface area contributed by atoms with Gasteiger partial charge in [-0.3, -0.25) is 10.1 Å². The summed E-state index contributed by atoms with van der Waals surface area (Å²) in [6, 6.07) is 11.4. The number of nitrogens with one attached hydrogen (secondary N) is 4. The second kappa shape index (κ2) is 10.7. The number of anilines is 3. The summed E-state index contributed by atoms with van der Waals surface area (Å²) in [5.41, 5.74) is 1.89. The zero-order valence-electron chi connectivity index (χ0n) is 23.6. The van der Waals surface area contributed by atoms with Gasteiger partial charge in [-0.15, -0.1) is 0 Å². The molecule has 1 saturated heterocycles. The van der Waals surface area contributed by atoms with E-state index in [1.807, 2.05) is 20.8 Å². The average Bonchev–Trinajstić information content (AvgIpc) is 3.28. The summed E-state index contributed by atoms with van der Waals surface area (Å²) in [6.45, 7) is 14.7. The number of pyridine rings is 1. The Hall–Kier alpha value is -3.92. The maximum atomic E-state index is 12.7. The van der Waals surface area contributed by atoms with Crippen molar-refractivity contribution in [1.29, 1.82) is 0 Å². The molecule has 4 N–H and O–H groups in total. The molecular weight excluding hydrogens is 496 g/mol. The second-order valence-electron chi connectivity index (χ2n) is 12.4. The van der Waals surface area contributed by atoms with E-state index < -0.39 is 6.03 Å². The molecule has 0 unspecified atom stereocenters. The van der Waals surface area contributed by atoms with Gasteiger partial charge in [0.05, 0.1) is 11.9 Å². The van der Waals surface area contributed by atoms with E-state index in [2.05, 4.69) is 59.1 Å². The van der Waals surface area contributed by atoms with Crippen LogP contribution in [-0.2, 0) is 5.41 Å². The Morgan fingerprint density at radius 1 is 0.949 bits per heavy atom. The summed E-state index contributed by atoms with van der Waals surface area (Å²) >= 11 is 0. The molecule has 3 amide bonds. The lowest BCUT2D eigenvalue weighted by atomic mass is 9.81. The Labute approximate surface area is 229 Å². The monoisotopic (exact) mass is 534 g/mol. The van der Waals surface area contributed by atoms with Gasteiger partial charge >= 0.3 is 6.03 Å². The third kappa shape index (κ3) is 7.79. The van der Waals surface area contributed by atoms with Crippen LogP contribution in [0.4, 0.5) is 22.1 Å². The number of carbonyl (C=O) groups is 2. The number of hydrogen-bond acceptors (Lipinski definition) is 7. The molecule has 39 heavy (non-hydrogen) atoms. The van der Waals surface area contributed by atoms with Gasteiger partial charge in [0.15, 0.2) is 0 Å². The molecule has 0 spiro atoms. The van der Waals surface area contributed by atoms with Gasteiger partial charge in [0, 0.05) is 46.8 Å². The molecule has 0 saturated carbocycles. The van der Waals surface area contributed by atoms with E-state index >= 15 is 0 Å². The highest BCUT2D eigenvalue weighted by molar-refractivity contribution is 6.03. The van der Waals surface area contributed by atoms with Gasteiger partial charge in [-0.25, -0.2) is 9.78 Å². The smallest absolute Gasteiger partial charge is 0.326 e. The summed E-state index contributed by atoms with van der Waals surface area (Å²) in [5.74, 6) is 0.552. The predicted octanol–water partition coefficient (Wildman–Crippen LogP) is 5.95. The van der Waals surface area contributed by atoms with Crippen molar-refractivity contribution in [2.75, 3.05) is 16.0 Å². The number of piperidine rings is 1. The number of ether oxygens (including phenoxy) is 1. The molecule has 1 aliphatic heterocycles. The van der Waals surface area contributed by atoms with Crippen LogP contribution in [-0.4, -0.2) is 39.3 Å². The van der Waals surface area contributed by atoms with Crippen LogP contribution in [0.2, 0.25) is 0 Å². The van der Waals surface area contributed by atoms with E-state index in [9.17, 15) is 9.59 Å². The third-order valence-corrected chi connectivity index (χ3v) is 6.34. The van der Waals surface area contributed by atoms with E-state index in [0.717, 1.165) is 18.5 Å². The molecule has 0 atom stereocenters. The summed E-state index contributed by atoms with van der Waals surface area (Å²) in [4.78, 5) is 29.3. The Morgan fingerprint density at radius 3 is 2.10 bits per heavy atom. The van der Waals surface area contributed by atoms with Gasteiger partial charge in [0.2, 0.25) is 5.88 Å². The highest BCUT2D eigenvalue weighted by atomic mass is 16.5. The Bertz CT molecular complexity index is 1290. The van der Waals surface area contributed by atoms with Crippen LogP contribution >= 0.6 is 0 Å². The van der Waals surface area contributed by atoms with E-state index in [4.69, 9.17) is 9.26 Å². The first-order valence-corrected chi connectivity index (χ1v) is 13.1. The fourth-order valence-corrected chi connectivity index (χ4v) is 4.88. The molecule has 1 fully saturated rings. The summed E-state index contributed by atoms with van der Waals surface area (Å²) in [7, 11) is 0. The van der Waals surface area contributed by atoms with Gasteiger partial charge in [-0.2, -0.15) is 0 Å². The van der Waals surface area contributed by atoms with E-state index in [1.165, 1.54) is 0 Å². The van der Waals surface area contributed by atoms with Crippen molar-refractivity contribution in [1.82, 2.24) is 15.5 Å². The number of nitrogens with zero attached hydrogens (tertiary/aromatic N) is 2. The van der Waals surface area contributed by atoms with E-state index in [1.54, 1.807) is 48.7 Å². The van der Waals surface area contributed by atoms with Crippen LogP contribution in [0.3, 0.4) is 0 Å². The molecule has 1 aliphatic rings. The second-order valence-corrected chi connectivity index (χ2v) is 12.4. The van der Waals surface area contributed by atoms with Crippen LogP contribution in [0, 0.1) is 0 Å². The zero-order valence-corrected chi connectivity index (χ0v) is 23.6. The topological polar surface area (TPSA) is 130 Å². The minimum Gasteiger partial charge on any atom is -0.489 e. The summed E-state index contributed by atoms with van der Waals surface area (Å²) < 4.78 is 11.4. The van der Waals surface area contributed by atoms with Gasteiger partial charge < -0.3 is 25.2 Å². The molecular formula is C29H38N6O4.